The van der Waals surface area contributed by atoms with Gasteiger partial charge >= 0.3 is 0 Å². The number of aliphatic hydroxyl groups is 1. The molecule has 0 radical (unpaired) electrons. The van der Waals surface area contributed by atoms with Crippen molar-refractivity contribution < 1.29 is 19.4 Å². The number of allylic oxidation sites excluding steroid dienone is 4. The molecule has 126 valence electrons. The second-order valence-corrected chi connectivity index (χ2v) is 6.74. The van der Waals surface area contributed by atoms with E-state index in [9.17, 15) is 9.59 Å². The molecule has 1 aliphatic heterocycles. The normalized spacial score (nSPS) is 35.0. The van der Waals surface area contributed by atoms with Crippen LogP contribution in [0.25, 0.3) is 0 Å². The number of amides is 2. The topological polar surface area (TPSA) is 66.8 Å². The van der Waals surface area contributed by atoms with Crippen molar-refractivity contribution in [2.45, 2.75) is 26.2 Å². The first-order valence-electron chi connectivity index (χ1n) is 8.49. The zero-order valence-electron chi connectivity index (χ0n) is 13.6. The summed E-state index contributed by atoms with van der Waals surface area (Å²) in [5.74, 6) is -0.204. The van der Waals surface area contributed by atoms with E-state index in [-0.39, 0.29) is 48.2 Å². The molecule has 1 saturated carbocycles. The molecule has 4 unspecified atom stereocenters. The molecule has 2 fully saturated rings. The molecule has 5 heteroatoms. The summed E-state index contributed by atoms with van der Waals surface area (Å²) in [5.41, 5.74) is -0.137. The second kappa shape index (κ2) is 6.57. The number of imide groups is 1. The number of likely N-dealkylation sites (tertiary alicyclic amines) is 1. The summed E-state index contributed by atoms with van der Waals surface area (Å²) in [6.45, 7) is 2.78. The van der Waals surface area contributed by atoms with Crippen molar-refractivity contribution in [2.24, 2.45) is 23.2 Å². The molecule has 2 bridgehead atoms. The standard InChI is InChI=1S/C18H25NO4/c1-2-3-4-6-18-7-5-13(12-18)14-15(18)17(22)19(16(14)21)8-10-23-11-9-20/h2-3,5,7,13-15,20H,4,6,8-12H2,1H3. The van der Waals surface area contributed by atoms with Gasteiger partial charge in [-0.2, -0.15) is 0 Å². The summed E-state index contributed by atoms with van der Waals surface area (Å²) < 4.78 is 5.22. The summed E-state index contributed by atoms with van der Waals surface area (Å²) in [6, 6.07) is 0. The zero-order chi connectivity index (χ0) is 16.4. The number of rotatable bonds is 8. The average Bonchev–Trinajstić information content (AvgIpc) is 3.17. The maximum Gasteiger partial charge on any atom is 0.234 e. The first-order valence-corrected chi connectivity index (χ1v) is 8.49. The van der Waals surface area contributed by atoms with Crippen molar-refractivity contribution in [3.05, 3.63) is 24.3 Å². The molecule has 3 aliphatic rings. The third-order valence-corrected chi connectivity index (χ3v) is 5.52. The van der Waals surface area contributed by atoms with Gasteiger partial charge in [-0.25, -0.2) is 0 Å². The third-order valence-electron chi connectivity index (χ3n) is 5.52. The minimum Gasteiger partial charge on any atom is -0.394 e. The van der Waals surface area contributed by atoms with E-state index in [0.29, 0.717) is 13.2 Å². The number of ether oxygens (including phenoxy) is 1. The van der Waals surface area contributed by atoms with Crippen molar-refractivity contribution in [1.82, 2.24) is 4.90 Å². The van der Waals surface area contributed by atoms with Gasteiger partial charge in [-0.1, -0.05) is 24.3 Å². The fraction of sp³-hybridized carbons (Fsp3) is 0.667. The molecule has 2 amide bonds. The first-order chi connectivity index (χ1) is 11.1. The Kier molecular flexibility index (Phi) is 4.69. The number of nitrogens with zero attached hydrogens (tertiary/aromatic N) is 1. The SMILES string of the molecule is CC=CCCC12C=CC(C1)C1C(=O)N(CCOCCO)C(=O)C12. The number of carbonyl (C=O) groups is 2. The highest BCUT2D eigenvalue weighted by Gasteiger charge is 2.65. The van der Waals surface area contributed by atoms with E-state index in [2.05, 4.69) is 18.2 Å². The fourth-order valence-corrected chi connectivity index (χ4v) is 4.56. The molecular weight excluding hydrogens is 294 g/mol. The fourth-order valence-electron chi connectivity index (χ4n) is 4.56. The van der Waals surface area contributed by atoms with E-state index in [1.165, 1.54) is 4.90 Å². The Bertz CT molecular complexity index is 541. The van der Waals surface area contributed by atoms with Crippen LogP contribution in [0.15, 0.2) is 24.3 Å². The lowest BCUT2D eigenvalue weighted by Crippen LogP contribution is -2.37. The zero-order valence-corrected chi connectivity index (χ0v) is 13.6. The summed E-state index contributed by atoms with van der Waals surface area (Å²) in [5, 5.41) is 8.72. The maximum atomic E-state index is 12.8. The van der Waals surface area contributed by atoms with E-state index in [1.54, 1.807) is 0 Å². The van der Waals surface area contributed by atoms with E-state index < -0.39 is 0 Å². The molecule has 0 aromatic carbocycles. The smallest absolute Gasteiger partial charge is 0.234 e. The van der Waals surface area contributed by atoms with Crippen LogP contribution in [-0.4, -0.2) is 48.2 Å². The lowest BCUT2D eigenvalue weighted by atomic mass is 9.72. The Balaban J connectivity index is 1.71. The minimum absolute atomic E-state index is 0.0278. The van der Waals surface area contributed by atoms with Crippen LogP contribution < -0.4 is 0 Å². The van der Waals surface area contributed by atoms with E-state index in [1.807, 2.05) is 13.0 Å². The molecule has 1 saturated heterocycles. The van der Waals surface area contributed by atoms with Crippen molar-refractivity contribution in [2.75, 3.05) is 26.4 Å². The van der Waals surface area contributed by atoms with Gasteiger partial charge in [0.1, 0.15) is 0 Å². The number of carbonyl (C=O) groups excluding carboxylic acids is 2. The number of fused-ring (bicyclic) bond motifs is 5. The second-order valence-electron chi connectivity index (χ2n) is 6.74. The van der Waals surface area contributed by atoms with E-state index in [0.717, 1.165) is 19.3 Å². The van der Waals surface area contributed by atoms with Gasteiger partial charge in [0, 0.05) is 5.41 Å². The van der Waals surface area contributed by atoms with Crippen LogP contribution in [0.3, 0.4) is 0 Å². The number of hydrogen-bond acceptors (Lipinski definition) is 4. The lowest BCUT2D eigenvalue weighted by molar-refractivity contribution is -0.142. The lowest BCUT2D eigenvalue weighted by Gasteiger charge is -2.30. The number of hydrogen-bond donors (Lipinski definition) is 1. The van der Waals surface area contributed by atoms with Gasteiger partial charge in [0.15, 0.2) is 0 Å². The summed E-state index contributed by atoms with van der Waals surface area (Å²) in [6.07, 6.45) is 11.3. The Morgan fingerprint density at radius 2 is 2.22 bits per heavy atom. The first kappa shape index (κ1) is 16.4. The van der Waals surface area contributed by atoms with Gasteiger partial charge in [-0.15, -0.1) is 0 Å². The summed E-state index contributed by atoms with van der Waals surface area (Å²) in [7, 11) is 0. The van der Waals surface area contributed by atoms with Crippen LogP contribution >= 0.6 is 0 Å². The Morgan fingerprint density at radius 3 is 2.96 bits per heavy atom. The van der Waals surface area contributed by atoms with Gasteiger partial charge in [-0.05, 0) is 32.1 Å². The van der Waals surface area contributed by atoms with Gasteiger partial charge in [-0.3, -0.25) is 14.5 Å². The summed E-state index contributed by atoms with van der Waals surface area (Å²) in [4.78, 5) is 26.9. The maximum absolute atomic E-state index is 12.8. The van der Waals surface area contributed by atoms with Crippen molar-refractivity contribution in [3.63, 3.8) is 0 Å². The molecule has 0 aromatic rings. The van der Waals surface area contributed by atoms with Gasteiger partial charge < -0.3 is 9.84 Å². The Morgan fingerprint density at radius 1 is 1.39 bits per heavy atom. The van der Waals surface area contributed by atoms with Crippen LogP contribution in [0, 0.1) is 23.2 Å². The number of aliphatic hydroxyl groups excluding tert-OH is 1. The van der Waals surface area contributed by atoms with Gasteiger partial charge in [0.2, 0.25) is 11.8 Å². The monoisotopic (exact) mass is 319 g/mol. The highest BCUT2D eigenvalue weighted by molar-refractivity contribution is 6.06. The molecule has 1 N–H and O–H groups in total. The van der Waals surface area contributed by atoms with Crippen LogP contribution in [0.2, 0.25) is 0 Å². The molecule has 5 nitrogen and oxygen atoms in total. The van der Waals surface area contributed by atoms with Crippen molar-refractivity contribution >= 4 is 11.8 Å². The Labute approximate surface area is 137 Å². The Hall–Kier alpha value is -1.46. The van der Waals surface area contributed by atoms with Gasteiger partial charge in [0.05, 0.1) is 38.2 Å². The molecule has 1 heterocycles. The van der Waals surface area contributed by atoms with E-state index >= 15 is 0 Å². The molecular formula is C18H25NO4. The highest BCUT2D eigenvalue weighted by Crippen LogP contribution is 2.61. The van der Waals surface area contributed by atoms with Crippen molar-refractivity contribution in [1.29, 1.82) is 0 Å². The molecule has 3 rings (SSSR count). The predicted octanol–water partition coefficient (Wildman–Crippen LogP) is 1.53. The predicted molar refractivity (Wildman–Crippen MR) is 85.3 cm³/mol. The molecule has 4 atom stereocenters. The average molecular weight is 319 g/mol. The van der Waals surface area contributed by atoms with Crippen LogP contribution in [0.4, 0.5) is 0 Å². The third kappa shape index (κ3) is 2.66. The molecule has 2 aliphatic carbocycles. The van der Waals surface area contributed by atoms with Crippen LogP contribution in [0.5, 0.6) is 0 Å². The quantitative estimate of drug-likeness (QED) is 0.418. The minimum atomic E-state index is -0.187. The van der Waals surface area contributed by atoms with Crippen LogP contribution in [-0.2, 0) is 14.3 Å². The van der Waals surface area contributed by atoms with Gasteiger partial charge in [0.25, 0.3) is 0 Å². The molecule has 0 spiro atoms. The molecule has 23 heavy (non-hydrogen) atoms. The van der Waals surface area contributed by atoms with Crippen LogP contribution in [0.1, 0.15) is 26.2 Å². The van der Waals surface area contributed by atoms with E-state index in [4.69, 9.17) is 9.84 Å². The summed E-state index contributed by atoms with van der Waals surface area (Å²) >= 11 is 0. The largest absolute Gasteiger partial charge is 0.394 e. The highest BCUT2D eigenvalue weighted by atomic mass is 16.5. The van der Waals surface area contributed by atoms with Crippen molar-refractivity contribution in [3.8, 4) is 0 Å². The molecule has 0 aromatic heterocycles.